The molecule has 0 saturated carbocycles. The topological polar surface area (TPSA) is 0 Å². The second-order valence-corrected chi connectivity index (χ2v) is 12.3. The maximum Gasteiger partial charge on any atom is 0.0101 e. The third-order valence-electron chi connectivity index (χ3n) is 6.99. The molecule has 0 bridgehead atoms. The lowest BCUT2D eigenvalue weighted by Crippen LogP contribution is -1.85. The van der Waals surface area contributed by atoms with Crippen molar-refractivity contribution in [2.75, 3.05) is 0 Å². The molecule has 4 aromatic carbocycles. The molecule has 4 aromatic rings. The van der Waals surface area contributed by atoms with Gasteiger partial charge in [-0.05, 0) is 162 Å². The summed E-state index contributed by atoms with van der Waals surface area (Å²) < 4.78 is 0. The van der Waals surface area contributed by atoms with E-state index in [0.717, 1.165) is 19.6 Å². The Balaban J connectivity index is 0.000000260. The Bertz CT molecular complexity index is 1300. The van der Waals surface area contributed by atoms with Crippen molar-refractivity contribution in [3.8, 4) is 0 Å². The Hall–Kier alpha value is -1.72. The van der Waals surface area contributed by atoms with Crippen molar-refractivity contribution in [3.05, 3.63) is 116 Å². The third kappa shape index (κ3) is 11.7. The van der Waals surface area contributed by atoms with Gasteiger partial charge in [0.15, 0.2) is 0 Å². The van der Waals surface area contributed by atoms with Crippen LogP contribution in [0.3, 0.4) is 0 Å². The largest absolute Gasteiger partial charge is 0.143 e. The number of hydrogen-bond donors (Lipinski definition) is 4. The zero-order chi connectivity index (χ0) is 30.0. The first-order valence-electron chi connectivity index (χ1n) is 13.1. The normalized spacial score (nSPS) is 9.92. The van der Waals surface area contributed by atoms with Crippen LogP contribution in [0.25, 0.3) is 0 Å². The highest BCUT2D eigenvalue weighted by atomic mass is 32.1. The van der Waals surface area contributed by atoms with E-state index in [9.17, 15) is 0 Å². The van der Waals surface area contributed by atoms with Crippen LogP contribution in [0.2, 0.25) is 0 Å². The van der Waals surface area contributed by atoms with Crippen molar-refractivity contribution in [2.45, 2.75) is 95.7 Å². The SMILES string of the molecule is Cc1cc(C)c(C)c(S)c1.Cc1cc(C)c(S)cc1C.Cc1ccc(C)c(S)c1C.Cc1ccc(S)cc1C. The predicted molar refractivity (Wildman–Crippen MR) is 187 cm³/mol. The zero-order valence-corrected chi connectivity index (χ0v) is 29.1. The van der Waals surface area contributed by atoms with E-state index >= 15 is 0 Å². The van der Waals surface area contributed by atoms with Gasteiger partial charge in [0.05, 0.1) is 0 Å². The van der Waals surface area contributed by atoms with E-state index in [1.165, 1.54) is 61.2 Å². The van der Waals surface area contributed by atoms with Gasteiger partial charge < -0.3 is 0 Å². The fourth-order valence-corrected chi connectivity index (χ4v) is 4.78. The summed E-state index contributed by atoms with van der Waals surface area (Å²) in [5, 5.41) is 0. The minimum Gasteiger partial charge on any atom is -0.143 e. The van der Waals surface area contributed by atoms with Crippen molar-refractivity contribution >= 4 is 50.5 Å². The molecule has 0 aliphatic heterocycles. The van der Waals surface area contributed by atoms with E-state index in [4.69, 9.17) is 0 Å². The minimum absolute atomic E-state index is 1.04. The highest BCUT2D eigenvalue weighted by Crippen LogP contribution is 2.21. The molecule has 0 unspecified atom stereocenters. The summed E-state index contributed by atoms with van der Waals surface area (Å²) in [5.41, 5.74) is 14.3. The second kappa shape index (κ2) is 16.5. The number of aryl methyl sites for hydroxylation is 9. The van der Waals surface area contributed by atoms with Gasteiger partial charge >= 0.3 is 0 Å². The molecule has 0 aromatic heterocycles. The Morgan fingerprint density at radius 1 is 0.359 bits per heavy atom. The molecule has 0 radical (unpaired) electrons. The van der Waals surface area contributed by atoms with Gasteiger partial charge in [-0.15, -0.1) is 50.5 Å². The first-order valence-corrected chi connectivity index (χ1v) is 14.9. The molecule has 0 nitrogen and oxygen atoms in total. The van der Waals surface area contributed by atoms with E-state index in [1.807, 2.05) is 6.07 Å². The summed E-state index contributed by atoms with van der Waals surface area (Å²) in [6.07, 6.45) is 0. The van der Waals surface area contributed by atoms with E-state index < -0.39 is 0 Å². The van der Waals surface area contributed by atoms with Crippen LogP contribution in [0, 0.1) is 76.2 Å². The molecule has 0 aliphatic carbocycles. The molecular formula is C35H46S4. The monoisotopic (exact) mass is 594 g/mol. The second-order valence-electron chi connectivity index (χ2n) is 10.4. The first kappa shape index (κ1) is 35.3. The molecule has 0 spiro atoms. The van der Waals surface area contributed by atoms with Gasteiger partial charge in [0.25, 0.3) is 0 Å². The van der Waals surface area contributed by atoms with Crippen molar-refractivity contribution in [1.29, 1.82) is 0 Å². The molecule has 210 valence electrons. The quantitative estimate of drug-likeness (QED) is 0.143. The molecule has 0 saturated heterocycles. The number of thiol groups is 4. The minimum atomic E-state index is 1.04. The summed E-state index contributed by atoms with van der Waals surface area (Å²) in [6.45, 7) is 23.1. The smallest absolute Gasteiger partial charge is 0.0101 e. The summed E-state index contributed by atoms with van der Waals surface area (Å²) in [7, 11) is 0. The van der Waals surface area contributed by atoms with Crippen LogP contribution in [0.15, 0.2) is 74.2 Å². The molecular weight excluding hydrogens is 549 g/mol. The molecule has 4 rings (SSSR count). The maximum absolute atomic E-state index is 4.38. The molecule has 0 heterocycles. The van der Waals surface area contributed by atoms with Crippen LogP contribution in [-0.4, -0.2) is 0 Å². The Morgan fingerprint density at radius 2 is 0.872 bits per heavy atom. The van der Waals surface area contributed by atoms with Gasteiger partial charge in [0.1, 0.15) is 0 Å². The molecule has 39 heavy (non-hydrogen) atoms. The molecule has 0 aliphatic rings. The van der Waals surface area contributed by atoms with Crippen LogP contribution in [0.5, 0.6) is 0 Å². The molecule has 0 fully saturated rings. The summed E-state index contributed by atoms with van der Waals surface area (Å²) >= 11 is 17.2. The van der Waals surface area contributed by atoms with Crippen LogP contribution in [-0.2, 0) is 0 Å². The third-order valence-corrected chi connectivity index (χ3v) is 8.90. The summed E-state index contributed by atoms with van der Waals surface area (Å²) in [6, 6.07) is 18.9. The van der Waals surface area contributed by atoms with E-state index in [-0.39, 0.29) is 0 Å². The highest BCUT2D eigenvalue weighted by molar-refractivity contribution is 7.80. The lowest BCUT2D eigenvalue weighted by atomic mass is 10.1. The van der Waals surface area contributed by atoms with Crippen molar-refractivity contribution in [2.24, 2.45) is 0 Å². The number of rotatable bonds is 0. The average molecular weight is 595 g/mol. The van der Waals surface area contributed by atoms with Gasteiger partial charge in [-0.3, -0.25) is 0 Å². The van der Waals surface area contributed by atoms with Gasteiger partial charge in [0, 0.05) is 19.6 Å². The summed E-state index contributed by atoms with van der Waals surface area (Å²) in [5.74, 6) is 0. The van der Waals surface area contributed by atoms with Crippen molar-refractivity contribution in [3.63, 3.8) is 0 Å². The van der Waals surface area contributed by atoms with E-state index in [0.29, 0.717) is 0 Å². The molecule has 0 atom stereocenters. The van der Waals surface area contributed by atoms with Crippen LogP contribution in [0.1, 0.15) is 61.2 Å². The van der Waals surface area contributed by atoms with Gasteiger partial charge in [-0.2, -0.15) is 0 Å². The van der Waals surface area contributed by atoms with Gasteiger partial charge in [0.2, 0.25) is 0 Å². The first-order chi connectivity index (χ1) is 18.0. The van der Waals surface area contributed by atoms with Gasteiger partial charge in [-0.25, -0.2) is 0 Å². The zero-order valence-electron chi connectivity index (χ0n) is 25.5. The Morgan fingerprint density at radius 3 is 1.36 bits per heavy atom. The van der Waals surface area contributed by atoms with E-state index in [1.54, 1.807) is 0 Å². The van der Waals surface area contributed by atoms with E-state index in [2.05, 4.69) is 175 Å². The predicted octanol–water partition coefficient (Wildman–Crippen LogP) is 11.3. The lowest BCUT2D eigenvalue weighted by Gasteiger charge is -2.05. The average Bonchev–Trinajstić information content (AvgIpc) is 2.86. The van der Waals surface area contributed by atoms with Crippen LogP contribution < -0.4 is 0 Å². The molecule has 4 heteroatoms. The molecule has 0 amide bonds. The van der Waals surface area contributed by atoms with Crippen LogP contribution >= 0.6 is 50.5 Å². The number of hydrogen-bond acceptors (Lipinski definition) is 4. The fourth-order valence-electron chi connectivity index (χ4n) is 3.62. The standard InChI is InChI=1S/3C9H12S.C8H10S/c1-6-4-8(3)9(10)5-7(6)2;1-6-4-7(2)8(3)9(10)5-6;1-6-4-5-7(2)9(10)8(6)3;1-6-3-4-8(9)5-7(6)2/h3*4-5,10H,1-3H3;3-5,9H,1-2H3. The fraction of sp³-hybridized carbons (Fsp3) is 0.314. The van der Waals surface area contributed by atoms with Gasteiger partial charge in [-0.1, -0.05) is 30.3 Å². The molecule has 0 N–H and O–H groups in total. The Kier molecular flexibility index (Phi) is 15.0. The Labute approximate surface area is 260 Å². The maximum atomic E-state index is 4.38. The lowest BCUT2D eigenvalue weighted by molar-refractivity contribution is 1.18. The van der Waals surface area contributed by atoms with Crippen LogP contribution in [0.4, 0.5) is 0 Å². The summed E-state index contributed by atoms with van der Waals surface area (Å²) in [4.78, 5) is 4.35. The number of benzene rings is 4. The highest BCUT2D eigenvalue weighted by Gasteiger charge is 1.99. The van der Waals surface area contributed by atoms with Crippen molar-refractivity contribution < 1.29 is 0 Å². The van der Waals surface area contributed by atoms with Crippen molar-refractivity contribution in [1.82, 2.24) is 0 Å².